The Bertz CT molecular complexity index is 880. The third kappa shape index (κ3) is 9.78. The molecule has 2 rings (SSSR count). The maximum absolute atomic E-state index is 12.8. The Labute approximate surface area is 221 Å². The zero-order chi connectivity index (χ0) is 26.2. The van der Waals surface area contributed by atoms with E-state index in [0.29, 0.717) is 31.3 Å². The quantitative estimate of drug-likeness (QED) is 0.130. The van der Waals surface area contributed by atoms with Crippen LogP contribution in [-0.2, 0) is 29.4 Å². The molecule has 0 spiro atoms. The molecule has 0 fully saturated rings. The van der Waals surface area contributed by atoms with Crippen molar-refractivity contribution < 1.29 is 32.3 Å². The summed E-state index contributed by atoms with van der Waals surface area (Å²) in [6.07, 6.45) is 1.16. The molecule has 0 aliphatic carbocycles. The maximum Gasteiger partial charge on any atom is 0.500 e. The van der Waals surface area contributed by atoms with Gasteiger partial charge in [-0.05, 0) is 56.2 Å². The van der Waals surface area contributed by atoms with Gasteiger partial charge >= 0.3 is 14.8 Å². The Morgan fingerprint density at radius 2 is 1.53 bits per heavy atom. The van der Waals surface area contributed by atoms with E-state index >= 15 is 0 Å². The highest BCUT2D eigenvalue weighted by Crippen LogP contribution is 2.34. The van der Waals surface area contributed by atoms with Crippen molar-refractivity contribution in [2.45, 2.75) is 51.5 Å². The van der Waals surface area contributed by atoms with Gasteiger partial charge in [0.2, 0.25) is 0 Å². The lowest BCUT2D eigenvalue weighted by atomic mass is 10.1. The van der Waals surface area contributed by atoms with Crippen LogP contribution in [0.4, 0.5) is 0 Å². The van der Waals surface area contributed by atoms with E-state index in [-0.39, 0.29) is 24.2 Å². The first kappa shape index (κ1) is 30.2. The fourth-order valence-electron chi connectivity index (χ4n) is 3.80. The van der Waals surface area contributed by atoms with Crippen molar-refractivity contribution >= 4 is 26.5 Å². The Balaban J connectivity index is 1.96. The normalized spacial score (nSPS) is 12.2. The molecule has 36 heavy (non-hydrogen) atoms. The van der Waals surface area contributed by atoms with Gasteiger partial charge in [-0.3, -0.25) is 4.79 Å². The fourth-order valence-corrected chi connectivity index (χ4v) is 7.87. The van der Waals surface area contributed by atoms with Gasteiger partial charge in [-0.2, -0.15) is 11.8 Å². The Hall–Kier alpha value is -2.04. The van der Waals surface area contributed by atoms with Crippen molar-refractivity contribution in [1.82, 2.24) is 0 Å². The molecule has 1 atom stereocenters. The molecule has 2 aromatic carbocycles. The number of rotatable bonds is 18. The minimum Gasteiger partial charge on any atom is -0.493 e. The van der Waals surface area contributed by atoms with Crippen molar-refractivity contribution in [3.8, 4) is 11.5 Å². The molecule has 1 unspecified atom stereocenters. The number of esters is 1. The standard InChI is InChI=1S/C27H40O7SSi/c1-6-32-36(33-7-2,34-8-3)18-12-17-35-26(23-13-10-9-11-14-23)20-27(28)31-21-22-15-16-24(29-4)25(19-22)30-5/h9-11,13-16,19,26H,6-8,12,17-18,20-21H2,1-5H3. The average molecular weight is 537 g/mol. The Morgan fingerprint density at radius 1 is 0.889 bits per heavy atom. The van der Waals surface area contributed by atoms with Crippen molar-refractivity contribution in [2.75, 3.05) is 39.8 Å². The number of hydrogen-bond acceptors (Lipinski definition) is 8. The minimum atomic E-state index is -2.67. The summed E-state index contributed by atoms with van der Waals surface area (Å²) in [4.78, 5) is 12.8. The number of thioether (sulfide) groups is 1. The third-order valence-electron chi connectivity index (χ3n) is 5.41. The minimum absolute atomic E-state index is 0.00792. The smallest absolute Gasteiger partial charge is 0.493 e. The van der Waals surface area contributed by atoms with E-state index in [1.54, 1.807) is 32.0 Å². The average Bonchev–Trinajstić information content (AvgIpc) is 2.90. The van der Waals surface area contributed by atoms with Crippen LogP contribution in [0.5, 0.6) is 11.5 Å². The van der Waals surface area contributed by atoms with Gasteiger partial charge in [0.1, 0.15) is 6.61 Å². The molecule has 200 valence electrons. The van der Waals surface area contributed by atoms with Crippen LogP contribution in [0.25, 0.3) is 0 Å². The molecule has 0 aliphatic rings. The summed E-state index contributed by atoms with van der Waals surface area (Å²) in [6.45, 7) is 7.78. The number of carbonyl (C=O) groups excluding carboxylic acids is 1. The summed E-state index contributed by atoms with van der Waals surface area (Å²) < 4.78 is 34.1. The van der Waals surface area contributed by atoms with E-state index in [1.807, 2.05) is 51.1 Å². The van der Waals surface area contributed by atoms with Crippen LogP contribution in [0.3, 0.4) is 0 Å². The molecule has 0 N–H and O–H groups in total. The Morgan fingerprint density at radius 3 is 2.11 bits per heavy atom. The van der Waals surface area contributed by atoms with Gasteiger partial charge in [0.25, 0.3) is 0 Å². The highest BCUT2D eigenvalue weighted by molar-refractivity contribution is 7.99. The molecule has 0 saturated carbocycles. The maximum atomic E-state index is 12.8. The molecule has 0 aliphatic heterocycles. The number of hydrogen-bond donors (Lipinski definition) is 0. The first-order valence-electron chi connectivity index (χ1n) is 12.5. The molecule has 0 radical (unpaired) electrons. The SMILES string of the molecule is CCO[Si](CCCSC(CC(=O)OCc1ccc(OC)c(OC)c1)c1ccccc1)(OCC)OCC. The first-order valence-corrected chi connectivity index (χ1v) is 15.4. The van der Waals surface area contributed by atoms with Gasteiger partial charge in [-0.15, -0.1) is 0 Å². The molecule has 0 bridgehead atoms. The molecule has 9 heteroatoms. The van der Waals surface area contributed by atoms with Crippen LogP contribution in [0.2, 0.25) is 6.04 Å². The molecule has 0 amide bonds. The van der Waals surface area contributed by atoms with E-state index in [0.717, 1.165) is 29.3 Å². The van der Waals surface area contributed by atoms with Gasteiger partial charge in [0.05, 0.1) is 20.6 Å². The predicted octanol–water partition coefficient (Wildman–Crippen LogP) is 6.05. The van der Waals surface area contributed by atoms with Gasteiger partial charge in [0, 0.05) is 31.1 Å². The summed E-state index contributed by atoms with van der Waals surface area (Å²) in [5.41, 5.74) is 1.95. The second-order valence-electron chi connectivity index (χ2n) is 7.91. The fraction of sp³-hybridized carbons (Fsp3) is 0.519. The first-order chi connectivity index (χ1) is 17.5. The summed E-state index contributed by atoms with van der Waals surface area (Å²) in [6, 6.07) is 16.3. The van der Waals surface area contributed by atoms with E-state index in [1.165, 1.54) is 0 Å². The zero-order valence-electron chi connectivity index (χ0n) is 22.1. The van der Waals surface area contributed by atoms with Crippen LogP contribution >= 0.6 is 11.8 Å². The summed E-state index contributed by atoms with van der Waals surface area (Å²) >= 11 is 1.75. The van der Waals surface area contributed by atoms with E-state index in [2.05, 4.69) is 12.1 Å². The summed E-state index contributed by atoms with van der Waals surface area (Å²) in [5, 5.41) is -0.00792. The summed E-state index contributed by atoms with van der Waals surface area (Å²) in [7, 11) is 0.503. The second kappa shape index (κ2) is 16.7. The van der Waals surface area contributed by atoms with Crippen LogP contribution in [-0.4, -0.2) is 54.6 Å². The number of methoxy groups -OCH3 is 2. The zero-order valence-corrected chi connectivity index (χ0v) is 23.9. The summed E-state index contributed by atoms with van der Waals surface area (Å²) in [5.74, 6) is 1.85. The van der Waals surface area contributed by atoms with Crippen molar-refractivity contribution in [2.24, 2.45) is 0 Å². The van der Waals surface area contributed by atoms with Gasteiger partial charge in [0.15, 0.2) is 11.5 Å². The van der Waals surface area contributed by atoms with E-state index in [4.69, 9.17) is 27.5 Å². The van der Waals surface area contributed by atoms with Gasteiger partial charge < -0.3 is 27.5 Å². The van der Waals surface area contributed by atoms with E-state index in [9.17, 15) is 4.79 Å². The molecule has 0 saturated heterocycles. The number of ether oxygens (including phenoxy) is 3. The monoisotopic (exact) mass is 536 g/mol. The predicted molar refractivity (Wildman–Crippen MR) is 146 cm³/mol. The lowest BCUT2D eigenvalue weighted by Crippen LogP contribution is -2.46. The van der Waals surface area contributed by atoms with Gasteiger partial charge in [-0.1, -0.05) is 36.4 Å². The largest absolute Gasteiger partial charge is 0.500 e. The van der Waals surface area contributed by atoms with Crippen molar-refractivity contribution in [3.63, 3.8) is 0 Å². The molecule has 0 heterocycles. The number of carbonyl (C=O) groups is 1. The lowest BCUT2D eigenvalue weighted by Gasteiger charge is -2.28. The van der Waals surface area contributed by atoms with Crippen LogP contribution < -0.4 is 9.47 Å². The second-order valence-corrected chi connectivity index (χ2v) is 12.0. The number of benzene rings is 2. The van der Waals surface area contributed by atoms with E-state index < -0.39 is 8.80 Å². The lowest BCUT2D eigenvalue weighted by molar-refractivity contribution is -0.144. The van der Waals surface area contributed by atoms with Gasteiger partial charge in [-0.25, -0.2) is 0 Å². The highest BCUT2D eigenvalue weighted by Gasteiger charge is 2.39. The Kier molecular flexibility index (Phi) is 14.0. The van der Waals surface area contributed by atoms with Crippen molar-refractivity contribution in [1.29, 1.82) is 0 Å². The third-order valence-corrected chi connectivity index (χ3v) is 9.93. The molecular weight excluding hydrogens is 496 g/mol. The molecule has 7 nitrogen and oxygen atoms in total. The molecule has 2 aromatic rings. The van der Waals surface area contributed by atoms with Crippen LogP contribution in [0, 0.1) is 0 Å². The van der Waals surface area contributed by atoms with Crippen molar-refractivity contribution in [3.05, 3.63) is 59.7 Å². The van der Waals surface area contributed by atoms with Crippen LogP contribution in [0.15, 0.2) is 48.5 Å². The molecule has 0 aromatic heterocycles. The molecular formula is C27H40O7SSi. The van der Waals surface area contributed by atoms with Crippen LogP contribution in [0.1, 0.15) is 50.0 Å². The topological polar surface area (TPSA) is 72.5 Å². The highest BCUT2D eigenvalue weighted by atomic mass is 32.2.